The van der Waals surface area contributed by atoms with Crippen molar-refractivity contribution in [3.05, 3.63) is 17.0 Å². The van der Waals surface area contributed by atoms with Crippen LogP contribution in [-0.2, 0) is 11.3 Å². The van der Waals surface area contributed by atoms with Crippen LogP contribution in [-0.4, -0.2) is 65.9 Å². The highest BCUT2D eigenvalue weighted by Gasteiger charge is 2.26. The van der Waals surface area contributed by atoms with Gasteiger partial charge in [0.2, 0.25) is 0 Å². The maximum absolute atomic E-state index is 12.3. The summed E-state index contributed by atoms with van der Waals surface area (Å²) in [6.07, 6.45) is 0.461. The predicted molar refractivity (Wildman–Crippen MR) is 91.9 cm³/mol. The number of carbonyl (C=O) groups excluding carboxylic acids is 1. The second-order valence-electron chi connectivity index (χ2n) is 6.91. The van der Waals surface area contributed by atoms with Gasteiger partial charge in [0.15, 0.2) is 0 Å². The highest BCUT2D eigenvalue weighted by molar-refractivity contribution is 5.73. The van der Waals surface area contributed by atoms with Gasteiger partial charge in [0, 0.05) is 38.3 Å². The smallest absolute Gasteiger partial charge is 0.317 e. The van der Waals surface area contributed by atoms with Crippen molar-refractivity contribution in [2.75, 3.05) is 26.7 Å². The molecule has 1 fully saturated rings. The zero-order chi connectivity index (χ0) is 17.9. The fourth-order valence-electron chi connectivity index (χ4n) is 3.11. The molecular weight excluding hydrogens is 308 g/mol. The molecule has 2 amide bonds. The number of morpholine rings is 1. The number of rotatable bonds is 5. The topological polar surface area (TPSA) is 70.8 Å². The molecule has 136 valence electrons. The van der Waals surface area contributed by atoms with Crippen molar-refractivity contribution in [1.29, 1.82) is 0 Å². The first-order valence-electron chi connectivity index (χ1n) is 8.58. The molecule has 0 spiro atoms. The second-order valence-corrected chi connectivity index (χ2v) is 6.91. The standard InChI is InChI=1S/C17H30N4O3/c1-11(21-8-12(2)23-13(3)9-21)7-18-17(22)20(6)10-16-14(4)19-24-15(16)5/h11-13H,7-10H2,1-6H3,(H,18,22). The van der Waals surface area contributed by atoms with Crippen LogP contribution in [0.5, 0.6) is 0 Å². The average molecular weight is 338 g/mol. The van der Waals surface area contributed by atoms with E-state index in [1.165, 1.54) is 0 Å². The Morgan fingerprint density at radius 1 is 1.38 bits per heavy atom. The number of hydrogen-bond donors (Lipinski definition) is 1. The van der Waals surface area contributed by atoms with Gasteiger partial charge in [-0.15, -0.1) is 0 Å². The number of amides is 2. The first-order valence-corrected chi connectivity index (χ1v) is 8.58. The highest BCUT2D eigenvalue weighted by atomic mass is 16.5. The van der Waals surface area contributed by atoms with Gasteiger partial charge in [0.05, 0.1) is 24.4 Å². The highest BCUT2D eigenvalue weighted by Crippen LogP contribution is 2.15. The number of ether oxygens (including phenoxy) is 1. The summed E-state index contributed by atoms with van der Waals surface area (Å²) in [5.74, 6) is 0.761. The SMILES string of the molecule is Cc1noc(C)c1CN(C)C(=O)NCC(C)N1CC(C)OC(C)C1. The molecule has 3 atom stereocenters. The molecular formula is C17H30N4O3. The summed E-state index contributed by atoms with van der Waals surface area (Å²) in [6.45, 7) is 13.0. The van der Waals surface area contributed by atoms with Crippen molar-refractivity contribution in [3.8, 4) is 0 Å². The van der Waals surface area contributed by atoms with Gasteiger partial charge < -0.3 is 19.5 Å². The second kappa shape index (κ2) is 7.98. The molecule has 1 aromatic rings. The first-order chi connectivity index (χ1) is 11.3. The Morgan fingerprint density at radius 2 is 2.00 bits per heavy atom. The summed E-state index contributed by atoms with van der Waals surface area (Å²) < 4.78 is 10.9. The van der Waals surface area contributed by atoms with E-state index in [-0.39, 0.29) is 24.3 Å². The van der Waals surface area contributed by atoms with Gasteiger partial charge in [-0.3, -0.25) is 4.90 Å². The van der Waals surface area contributed by atoms with Crippen LogP contribution in [0, 0.1) is 13.8 Å². The number of nitrogens with one attached hydrogen (secondary N) is 1. The average Bonchev–Trinajstić information content (AvgIpc) is 2.83. The predicted octanol–water partition coefficient (Wildman–Crippen LogP) is 1.93. The Morgan fingerprint density at radius 3 is 2.54 bits per heavy atom. The van der Waals surface area contributed by atoms with Crippen molar-refractivity contribution >= 4 is 6.03 Å². The molecule has 7 nitrogen and oxygen atoms in total. The largest absolute Gasteiger partial charge is 0.373 e. The fraction of sp³-hybridized carbons (Fsp3) is 0.765. The molecule has 2 heterocycles. The van der Waals surface area contributed by atoms with Gasteiger partial charge in [-0.2, -0.15) is 0 Å². The summed E-state index contributed by atoms with van der Waals surface area (Å²) in [5.41, 5.74) is 1.80. The summed E-state index contributed by atoms with van der Waals surface area (Å²) in [7, 11) is 1.78. The summed E-state index contributed by atoms with van der Waals surface area (Å²) >= 11 is 0. The molecule has 1 aromatic heterocycles. The Kier molecular flexibility index (Phi) is 6.23. The number of carbonyl (C=O) groups is 1. The van der Waals surface area contributed by atoms with Crippen molar-refractivity contribution in [1.82, 2.24) is 20.3 Å². The normalized spacial score (nSPS) is 23.1. The van der Waals surface area contributed by atoms with Crippen LogP contribution >= 0.6 is 0 Å². The van der Waals surface area contributed by atoms with Crippen LogP contribution in [0.15, 0.2) is 4.52 Å². The lowest BCUT2D eigenvalue weighted by Gasteiger charge is -2.39. The van der Waals surface area contributed by atoms with E-state index in [1.54, 1.807) is 11.9 Å². The van der Waals surface area contributed by atoms with E-state index < -0.39 is 0 Å². The molecule has 0 radical (unpaired) electrons. The molecule has 0 aromatic carbocycles. The van der Waals surface area contributed by atoms with Crippen LogP contribution in [0.25, 0.3) is 0 Å². The Bertz CT molecular complexity index is 531. The van der Waals surface area contributed by atoms with Crippen LogP contribution in [0.2, 0.25) is 0 Å². The van der Waals surface area contributed by atoms with Crippen LogP contribution in [0.4, 0.5) is 4.79 Å². The van der Waals surface area contributed by atoms with E-state index in [0.29, 0.717) is 13.1 Å². The lowest BCUT2D eigenvalue weighted by molar-refractivity contribution is -0.0778. The van der Waals surface area contributed by atoms with Crippen LogP contribution in [0.1, 0.15) is 37.8 Å². The van der Waals surface area contributed by atoms with Gasteiger partial charge >= 0.3 is 6.03 Å². The quantitative estimate of drug-likeness (QED) is 0.888. The number of urea groups is 1. The van der Waals surface area contributed by atoms with Crippen LogP contribution < -0.4 is 5.32 Å². The molecule has 1 N–H and O–H groups in total. The van der Waals surface area contributed by atoms with Crippen molar-refractivity contribution < 1.29 is 14.1 Å². The first kappa shape index (κ1) is 18.7. The van der Waals surface area contributed by atoms with E-state index >= 15 is 0 Å². The zero-order valence-corrected chi connectivity index (χ0v) is 15.6. The number of nitrogens with zero attached hydrogens (tertiary/aromatic N) is 3. The third-order valence-electron chi connectivity index (χ3n) is 4.54. The van der Waals surface area contributed by atoms with E-state index in [4.69, 9.17) is 9.26 Å². The molecule has 1 saturated heterocycles. The molecule has 3 unspecified atom stereocenters. The van der Waals surface area contributed by atoms with E-state index in [9.17, 15) is 4.79 Å². The van der Waals surface area contributed by atoms with Gasteiger partial charge in [-0.05, 0) is 34.6 Å². The maximum Gasteiger partial charge on any atom is 0.317 e. The third-order valence-corrected chi connectivity index (χ3v) is 4.54. The van der Waals surface area contributed by atoms with E-state index in [1.807, 2.05) is 13.8 Å². The van der Waals surface area contributed by atoms with Crippen molar-refractivity contribution in [3.63, 3.8) is 0 Å². The Balaban J connectivity index is 1.81. The molecule has 1 aliphatic rings. The lowest BCUT2D eigenvalue weighted by atomic mass is 10.1. The number of aryl methyl sites for hydroxylation is 2. The number of aromatic nitrogens is 1. The minimum Gasteiger partial charge on any atom is -0.373 e. The van der Waals surface area contributed by atoms with Crippen molar-refractivity contribution in [2.24, 2.45) is 0 Å². The molecule has 0 bridgehead atoms. The Labute approximate surface area is 144 Å². The molecule has 24 heavy (non-hydrogen) atoms. The molecule has 0 aliphatic carbocycles. The summed E-state index contributed by atoms with van der Waals surface area (Å²) in [4.78, 5) is 16.4. The molecule has 7 heteroatoms. The monoisotopic (exact) mass is 338 g/mol. The summed E-state index contributed by atoms with van der Waals surface area (Å²) in [5, 5.41) is 6.94. The minimum atomic E-state index is -0.0868. The van der Waals surface area contributed by atoms with Gasteiger partial charge in [0.1, 0.15) is 5.76 Å². The minimum absolute atomic E-state index is 0.0868. The number of hydrogen-bond acceptors (Lipinski definition) is 5. The zero-order valence-electron chi connectivity index (χ0n) is 15.6. The van der Waals surface area contributed by atoms with E-state index in [0.717, 1.165) is 30.1 Å². The van der Waals surface area contributed by atoms with Gasteiger partial charge in [-0.1, -0.05) is 5.16 Å². The molecule has 2 rings (SSSR count). The maximum atomic E-state index is 12.3. The summed E-state index contributed by atoms with van der Waals surface area (Å²) in [6, 6.07) is 0.187. The van der Waals surface area contributed by atoms with Crippen molar-refractivity contribution in [2.45, 2.75) is 59.4 Å². The Hall–Kier alpha value is -1.60. The lowest BCUT2D eigenvalue weighted by Crippen LogP contribution is -2.53. The molecule has 0 saturated carbocycles. The van der Waals surface area contributed by atoms with Gasteiger partial charge in [-0.25, -0.2) is 4.79 Å². The van der Waals surface area contributed by atoms with Crippen LogP contribution in [0.3, 0.4) is 0 Å². The third kappa shape index (κ3) is 4.70. The van der Waals surface area contributed by atoms with Gasteiger partial charge in [0.25, 0.3) is 0 Å². The van der Waals surface area contributed by atoms with E-state index in [2.05, 4.69) is 36.1 Å². The molecule has 1 aliphatic heterocycles. The fourth-order valence-corrected chi connectivity index (χ4v) is 3.11.